The molecule has 2 aliphatic heterocycles. The van der Waals surface area contributed by atoms with Gasteiger partial charge < -0.3 is 15.5 Å². The van der Waals surface area contributed by atoms with E-state index < -0.39 is 0 Å². The van der Waals surface area contributed by atoms with Crippen LogP contribution in [0, 0.1) is 11.8 Å². The fourth-order valence-electron chi connectivity index (χ4n) is 2.92. The Bertz CT molecular complexity index is 490. The molecule has 1 aromatic carbocycles. The summed E-state index contributed by atoms with van der Waals surface area (Å²) in [6.45, 7) is 7.96. The zero-order valence-electron chi connectivity index (χ0n) is 11.6. The highest BCUT2D eigenvalue weighted by molar-refractivity contribution is 6.03. The van der Waals surface area contributed by atoms with E-state index in [2.05, 4.69) is 24.5 Å². The highest BCUT2D eigenvalue weighted by atomic mass is 16.2. The first kappa shape index (κ1) is 12.3. The molecule has 2 atom stereocenters. The Morgan fingerprint density at radius 2 is 1.84 bits per heavy atom. The van der Waals surface area contributed by atoms with Crippen LogP contribution in [-0.4, -0.2) is 37.0 Å². The number of nitrogens with one attached hydrogen (secondary N) is 2. The van der Waals surface area contributed by atoms with Gasteiger partial charge in [-0.15, -0.1) is 0 Å². The maximum absolute atomic E-state index is 12.7. The van der Waals surface area contributed by atoms with Crippen LogP contribution in [0.1, 0.15) is 24.2 Å². The van der Waals surface area contributed by atoms with Crippen molar-refractivity contribution >= 4 is 17.3 Å². The molecule has 0 aromatic heterocycles. The van der Waals surface area contributed by atoms with Crippen LogP contribution in [0.3, 0.4) is 0 Å². The van der Waals surface area contributed by atoms with Crippen LogP contribution >= 0.6 is 0 Å². The van der Waals surface area contributed by atoms with Gasteiger partial charge in [-0.1, -0.05) is 19.9 Å². The van der Waals surface area contributed by atoms with Crippen LogP contribution in [0.5, 0.6) is 0 Å². The number of carbonyl (C=O) groups excluding carboxylic acids is 1. The molecule has 1 saturated heterocycles. The monoisotopic (exact) mass is 259 g/mol. The van der Waals surface area contributed by atoms with Crippen molar-refractivity contribution in [2.75, 3.05) is 36.8 Å². The lowest BCUT2D eigenvalue weighted by Gasteiger charge is -2.24. The zero-order valence-corrected chi connectivity index (χ0v) is 11.6. The Labute approximate surface area is 114 Å². The summed E-state index contributed by atoms with van der Waals surface area (Å²) in [5.74, 6) is 1.34. The van der Waals surface area contributed by atoms with Crippen molar-refractivity contribution < 1.29 is 4.79 Å². The number of carbonyl (C=O) groups is 1. The van der Waals surface area contributed by atoms with Gasteiger partial charge in [0.2, 0.25) is 0 Å². The number of hydrogen-bond acceptors (Lipinski definition) is 3. The summed E-state index contributed by atoms with van der Waals surface area (Å²) in [6.07, 6.45) is 0. The average Bonchev–Trinajstić information content (AvgIpc) is 2.77. The third-order valence-electron chi connectivity index (χ3n) is 4.31. The van der Waals surface area contributed by atoms with Crippen LogP contribution in [0.25, 0.3) is 0 Å². The SMILES string of the molecule is CC1CN(C(=O)c2cccc3c2NCCN3)CC1C. The lowest BCUT2D eigenvalue weighted by atomic mass is 10.0. The maximum atomic E-state index is 12.7. The van der Waals surface area contributed by atoms with Gasteiger partial charge in [0, 0.05) is 26.2 Å². The van der Waals surface area contributed by atoms with E-state index in [1.54, 1.807) is 0 Å². The van der Waals surface area contributed by atoms with Crippen molar-refractivity contribution in [2.24, 2.45) is 11.8 Å². The van der Waals surface area contributed by atoms with Gasteiger partial charge in [-0.25, -0.2) is 0 Å². The Balaban J connectivity index is 1.88. The number of amides is 1. The summed E-state index contributed by atoms with van der Waals surface area (Å²) in [5, 5.41) is 6.68. The zero-order chi connectivity index (χ0) is 13.4. The molecule has 3 rings (SSSR count). The minimum atomic E-state index is 0.157. The van der Waals surface area contributed by atoms with Crippen molar-refractivity contribution in [3.05, 3.63) is 23.8 Å². The number of rotatable bonds is 1. The molecule has 0 spiro atoms. The number of anilines is 2. The van der Waals surface area contributed by atoms with Gasteiger partial charge in [0.25, 0.3) is 5.91 Å². The molecule has 2 heterocycles. The van der Waals surface area contributed by atoms with Crippen molar-refractivity contribution in [1.29, 1.82) is 0 Å². The quantitative estimate of drug-likeness (QED) is 0.813. The number of benzene rings is 1. The van der Waals surface area contributed by atoms with E-state index in [4.69, 9.17) is 0 Å². The van der Waals surface area contributed by atoms with Gasteiger partial charge in [0.1, 0.15) is 0 Å². The molecule has 19 heavy (non-hydrogen) atoms. The van der Waals surface area contributed by atoms with Crippen molar-refractivity contribution in [3.63, 3.8) is 0 Å². The van der Waals surface area contributed by atoms with E-state index >= 15 is 0 Å². The Morgan fingerprint density at radius 1 is 1.16 bits per heavy atom. The van der Waals surface area contributed by atoms with Gasteiger partial charge in [-0.2, -0.15) is 0 Å². The predicted molar refractivity (Wildman–Crippen MR) is 77.7 cm³/mol. The van der Waals surface area contributed by atoms with Crippen molar-refractivity contribution in [2.45, 2.75) is 13.8 Å². The molecule has 0 aliphatic carbocycles. The molecule has 2 unspecified atom stereocenters. The lowest BCUT2D eigenvalue weighted by Crippen LogP contribution is -2.31. The van der Waals surface area contributed by atoms with Gasteiger partial charge in [0.15, 0.2) is 0 Å². The first-order valence-electron chi connectivity index (χ1n) is 7.07. The molecule has 0 radical (unpaired) electrons. The van der Waals surface area contributed by atoms with Gasteiger partial charge in [-0.3, -0.25) is 4.79 Å². The molecule has 2 aliphatic rings. The largest absolute Gasteiger partial charge is 0.382 e. The van der Waals surface area contributed by atoms with Crippen molar-refractivity contribution in [3.8, 4) is 0 Å². The molecule has 1 aromatic rings. The van der Waals surface area contributed by atoms with E-state index in [0.29, 0.717) is 11.8 Å². The average molecular weight is 259 g/mol. The van der Waals surface area contributed by atoms with Crippen LogP contribution in [-0.2, 0) is 0 Å². The van der Waals surface area contributed by atoms with Crippen LogP contribution < -0.4 is 10.6 Å². The van der Waals surface area contributed by atoms with E-state index in [1.165, 1.54) is 0 Å². The molecular weight excluding hydrogens is 238 g/mol. The van der Waals surface area contributed by atoms with Gasteiger partial charge >= 0.3 is 0 Å². The molecule has 2 N–H and O–H groups in total. The summed E-state index contributed by atoms with van der Waals surface area (Å²) in [7, 11) is 0. The first-order valence-corrected chi connectivity index (χ1v) is 7.07. The summed E-state index contributed by atoms with van der Waals surface area (Å²) in [4.78, 5) is 14.7. The smallest absolute Gasteiger partial charge is 0.256 e. The van der Waals surface area contributed by atoms with E-state index in [9.17, 15) is 4.79 Å². The number of fused-ring (bicyclic) bond motifs is 1. The number of hydrogen-bond donors (Lipinski definition) is 2. The molecule has 4 heteroatoms. The Hall–Kier alpha value is -1.71. The lowest BCUT2D eigenvalue weighted by molar-refractivity contribution is 0.0786. The molecule has 0 bridgehead atoms. The predicted octanol–water partition coefficient (Wildman–Crippen LogP) is 2.25. The topological polar surface area (TPSA) is 44.4 Å². The minimum absolute atomic E-state index is 0.157. The van der Waals surface area contributed by atoms with Gasteiger partial charge in [-0.05, 0) is 24.0 Å². The van der Waals surface area contributed by atoms with E-state index in [-0.39, 0.29) is 5.91 Å². The highest BCUT2D eigenvalue weighted by Gasteiger charge is 2.31. The molecule has 1 amide bonds. The molecule has 1 fully saturated rings. The highest BCUT2D eigenvalue weighted by Crippen LogP contribution is 2.31. The second-order valence-corrected chi connectivity index (χ2v) is 5.75. The second-order valence-electron chi connectivity index (χ2n) is 5.75. The molecule has 102 valence electrons. The fourth-order valence-corrected chi connectivity index (χ4v) is 2.92. The second kappa shape index (κ2) is 4.76. The van der Waals surface area contributed by atoms with Crippen LogP contribution in [0.2, 0.25) is 0 Å². The molecule has 0 saturated carbocycles. The Morgan fingerprint density at radius 3 is 2.58 bits per heavy atom. The normalized spacial score (nSPS) is 25.5. The number of likely N-dealkylation sites (tertiary alicyclic amines) is 1. The third kappa shape index (κ3) is 2.15. The maximum Gasteiger partial charge on any atom is 0.256 e. The number of nitrogens with zero attached hydrogens (tertiary/aromatic N) is 1. The standard InChI is InChI=1S/C15H21N3O/c1-10-8-18(9-11(10)2)15(19)12-4-3-5-13-14(12)17-7-6-16-13/h3-5,10-11,16-17H,6-9H2,1-2H3. The number of para-hydroxylation sites is 1. The van der Waals surface area contributed by atoms with E-state index in [1.807, 2.05) is 23.1 Å². The van der Waals surface area contributed by atoms with E-state index in [0.717, 1.165) is 43.1 Å². The van der Waals surface area contributed by atoms with Crippen LogP contribution in [0.4, 0.5) is 11.4 Å². The summed E-state index contributed by atoms with van der Waals surface area (Å²) in [6, 6.07) is 5.90. The molecule has 4 nitrogen and oxygen atoms in total. The fraction of sp³-hybridized carbons (Fsp3) is 0.533. The summed E-state index contributed by atoms with van der Waals surface area (Å²) >= 11 is 0. The Kier molecular flexibility index (Phi) is 3.09. The first-order chi connectivity index (χ1) is 9.16. The van der Waals surface area contributed by atoms with Crippen molar-refractivity contribution in [1.82, 2.24) is 4.90 Å². The summed E-state index contributed by atoms with van der Waals surface area (Å²) in [5.41, 5.74) is 2.80. The van der Waals surface area contributed by atoms with Crippen LogP contribution in [0.15, 0.2) is 18.2 Å². The summed E-state index contributed by atoms with van der Waals surface area (Å²) < 4.78 is 0. The van der Waals surface area contributed by atoms with Gasteiger partial charge in [0.05, 0.1) is 16.9 Å². The minimum Gasteiger partial charge on any atom is -0.382 e. The molecular formula is C15H21N3O. The third-order valence-corrected chi connectivity index (χ3v) is 4.31.